The van der Waals surface area contributed by atoms with Crippen molar-refractivity contribution in [3.05, 3.63) is 29.3 Å². The second-order valence-corrected chi connectivity index (χ2v) is 15.1. The summed E-state index contributed by atoms with van der Waals surface area (Å²) in [6.45, 7) is -1.93. The Balaban J connectivity index is 1.21. The number of rotatable bonds is 13. The number of anilines is 2. The number of nitrogens with two attached hydrogens (primary N) is 2. The van der Waals surface area contributed by atoms with Crippen LogP contribution in [0.3, 0.4) is 0 Å². The molecule has 2 saturated heterocycles. The lowest BCUT2D eigenvalue weighted by Crippen LogP contribution is -2.38. The first-order chi connectivity index (χ1) is 23.9. The average molecular weight is 786 g/mol. The Bertz CT molecular complexity index is 2130. The molecule has 2 aliphatic heterocycles. The topological polar surface area (TPSA) is 396 Å². The predicted octanol–water partition coefficient (Wildman–Crippen LogP) is -2.62. The van der Waals surface area contributed by atoms with Crippen LogP contribution in [0.15, 0.2) is 23.8 Å². The van der Waals surface area contributed by atoms with Crippen LogP contribution in [0.25, 0.3) is 22.3 Å². The molecule has 6 heterocycles. The molecule has 2 fully saturated rings. The molecule has 0 aliphatic carbocycles. The number of aromatic amines is 1. The largest absolute Gasteiger partial charge is 0.481 e. The normalized spacial score (nSPS) is 29.5. The molecule has 0 radical (unpaired) electrons. The Kier molecular flexibility index (Phi) is 10.2. The predicted molar refractivity (Wildman–Crippen MR) is 162 cm³/mol. The number of aliphatic hydroxyl groups is 2. The fourth-order valence-corrected chi connectivity index (χ4v) is 7.96. The molecule has 4 aromatic heterocycles. The van der Waals surface area contributed by atoms with Crippen molar-refractivity contribution in [2.45, 2.75) is 49.1 Å². The minimum atomic E-state index is -5.52. The quantitative estimate of drug-likeness (QED) is 0.0626. The summed E-state index contributed by atoms with van der Waals surface area (Å²) in [5.74, 6) is -0.284. The van der Waals surface area contributed by atoms with Crippen LogP contribution in [0.1, 0.15) is 12.5 Å². The van der Waals surface area contributed by atoms with Crippen molar-refractivity contribution < 1.29 is 75.6 Å². The fourth-order valence-electron chi connectivity index (χ4n) is 5.40. The molecule has 2 unspecified atom stereocenters. The van der Waals surface area contributed by atoms with Crippen molar-refractivity contribution in [2.75, 3.05) is 31.8 Å². The number of ether oxygens (including phenoxy) is 3. The smallest absolute Gasteiger partial charge is 0.387 e. The first kappa shape index (κ1) is 37.4. The van der Waals surface area contributed by atoms with Crippen molar-refractivity contribution in [3.8, 4) is 0 Å². The molecule has 2 aliphatic rings. The van der Waals surface area contributed by atoms with Crippen molar-refractivity contribution in [2.24, 2.45) is 0 Å². The van der Waals surface area contributed by atoms with Crippen LogP contribution in [-0.2, 0) is 45.8 Å². The van der Waals surface area contributed by atoms with Crippen LogP contribution in [-0.4, -0.2) is 126 Å². The highest BCUT2D eigenvalue weighted by Gasteiger charge is 2.52. The minimum absolute atomic E-state index is 0.0126. The second kappa shape index (κ2) is 13.9. The molecule has 6 rings (SSSR count). The third-order valence-electron chi connectivity index (χ3n) is 7.55. The Morgan fingerprint density at radius 3 is 2.16 bits per heavy atom. The van der Waals surface area contributed by atoms with E-state index in [-0.39, 0.29) is 34.1 Å². The zero-order valence-electron chi connectivity index (χ0n) is 25.6. The number of phosphoric acid groups is 3. The van der Waals surface area contributed by atoms with Crippen LogP contribution in [0.4, 0.5) is 11.8 Å². The summed E-state index contributed by atoms with van der Waals surface area (Å²) in [6, 6.07) is 0. The molecule has 30 heteroatoms. The first-order valence-corrected chi connectivity index (χ1v) is 18.7. The first-order valence-electron chi connectivity index (χ1n) is 14.1. The summed E-state index contributed by atoms with van der Waals surface area (Å²) in [6.07, 6.45) is -8.95. The second-order valence-electron chi connectivity index (χ2n) is 10.8. The molecule has 11 N–H and O–H groups in total. The molecule has 0 amide bonds. The van der Waals surface area contributed by atoms with Gasteiger partial charge < -0.3 is 55.5 Å². The molecule has 280 valence electrons. The summed E-state index contributed by atoms with van der Waals surface area (Å²) in [5, 5.41) is 21.4. The number of fused-ring (bicyclic) bond motifs is 2. The summed E-state index contributed by atoms with van der Waals surface area (Å²) in [4.78, 5) is 72.8. The Morgan fingerprint density at radius 1 is 0.843 bits per heavy atom. The zero-order chi connectivity index (χ0) is 37.0. The van der Waals surface area contributed by atoms with Gasteiger partial charge in [-0.05, 0) is 0 Å². The van der Waals surface area contributed by atoms with E-state index in [1.165, 1.54) is 10.9 Å². The summed E-state index contributed by atoms with van der Waals surface area (Å²) in [5.41, 5.74) is 10.8. The van der Waals surface area contributed by atoms with Gasteiger partial charge in [0.2, 0.25) is 5.95 Å². The Hall–Kier alpha value is -3.33. The molecule has 0 bridgehead atoms. The lowest BCUT2D eigenvalue weighted by Gasteiger charge is -2.26. The highest BCUT2D eigenvalue weighted by molar-refractivity contribution is 7.60. The van der Waals surface area contributed by atoms with E-state index in [1.807, 2.05) is 0 Å². The molecule has 0 spiro atoms. The summed E-state index contributed by atoms with van der Waals surface area (Å²) >= 11 is 0. The Morgan fingerprint density at radius 2 is 1.47 bits per heavy atom. The van der Waals surface area contributed by atoms with E-state index < -0.39 is 91.3 Å². The van der Waals surface area contributed by atoms with Crippen molar-refractivity contribution >= 4 is 57.6 Å². The van der Waals surface area contributed by atoms with E-state index >= 15 is 0 Å². The van der Waals surface area contributed by atoms with E-state index in [0.717, 1.165) is 24.3 Å². The number of aromatic nitrogens is 8. The van der Waals surface area contributed by atoms with E-state index in [0.29, 0.717) is 0 Å². The maximum absolute atomic E-state index is 13.3. The van der Waals surface area contributed by atoms with Gasteiger partial charge >= 0.3 is 23.5 Å². The number of aliphatic hydroxyl groups excluding tert-OH is 2. The monoisotopic (exact) mass is 786 g/mol. The maximum Gasteiger partial charge on any atom is 0.481 e. The third-order valence-corrected chi connectivity index (χ3v) is 10.7. The SMILES string of the molecule is CO[C@@H]1[C@H](OP(=O)(O)OC[C@H]2O[C@@H](n3cnc4c(=O)[nH]c(N)nc43)[C@H](O)[C@@H]2O)[C@@H](COP(=O)(O)OP(=O)(O)O)O[C@H]1n1cnc2c(N)ncnc21. The molecule has 51 heavy (non-hydrogen) atoms. The number of nitrogen functional groups attached to an aromatic ring is 2. The lowest BCUT2D eigenvalue weighted by atomic mass is 10.1. The van der Waals surface area contributed by atoms with Crippen LogP contribution < -0.4 is 17.0 Å². The number of H-pyrrole nitrogens is 1. The number of nitrogens with one attached hydrogen (secondary N) is 1. The Labute approximate surface area is 282 Å². The van der Waals surface area contributed by atoms with Crippen molar-refractivity contribution in [1.29, 1.82) is 0 Å². The maximum atomic E-state index is 13.3. The number of hydrogen-bond donors (Lipinski definition) is 9. The number of phosphoric ester groups is 2. The van der Waals surface area contributed by atoms with Gasteiger partial charge in [-0.15, -0.1) is 0 Å². The standard InChI is InChI=1S/C21H29N10O17P3/c1-42-14-13(8(3-44-51(40,41)48-49(35,36)37)46-20(14)30-5-26-9-15(22)24-4-25-16(9)30)47-50(38,39)43-2-7-11(32)12(33)19(45-7)31-6-27-10-17(31)28-21(23)29-18(10)34/h4-8,11-14,19-20,32-33H,2-3H2,1H3,(H,38,39)(H,40,41)(H2,22,24,25)(H2,35,36,37)(H3,23,28,29,34)/t7-,8-,11-,12-,13-,14-,19-,20-/m1/s1. The molecule has 27 nitrogen and oxygen atoms in total. The van der Waals surface area contributed by atoms with E-state index in [9.17, 15) is 38.5 Å². The lowest BCUT2D eigenvalue weighted by molar-refractivity contribution is -0.0581. The highest BCUT2D eigenvalue weighted by Crippen LogP contribution is 2.58. The summed E-state index contributed by atoms with van der Waals surface area (Å²) in [7, 11) is -15.1. The van der Waals surface area contributed by atoms with Crippen molar-refractivity contribution in [3.63, 3.8) is 0 Å². The molecule has 0 saturated carbocycles. The van der Waals surface area contributed by atoms with E-state index in [4.69, 9.17) is 44.5 Å². The van der Waals surface area contributed by atoms with Gasteiger partial charge in [-0.1, -0.05) is 0 Å². The van der Waals surface area contributed by atoms with E-state index in [2.05, 4.69) is 38.7 Å². The van der Waals surface area contributed by atoms with Crippen LogP contribution >= 0.6 is 23.5 Å². The van der Waals surface area contributed by atoms with Gasteiger partial charge in [-0.25, -0.2) is 33.6 Å². The summed E-state index contributed by atoms with van der Waals surface area (Å²) < 4.78 is 75.0. The number of nitrogens with zero attached hydrogens (tertiary/aromatic N) is 7. The molecular formula is C21H29N10O17P3. The average Bonchev–Trinajstić information content (AvgIpc) is 3.79. The van der Waals surface area contributed by atoms with Gasteiger partial charge in [-0.2, -0.15) is 9.29 Å². The van der Waals surface area contributed by atoms with Crippen LogP contribution in [0.5, 0.6) is 0 Å². The zero-order valence-corrected chi connectivity index (χ0v) is 28.2. The molecule has 0 aromatic carbocycles. The fraction of sp³-hybridized carbons (Fsp3) is 0.524. The van der Waals surface area contributed by atoms with Crippen molar-refractivity contribution in [1.82, 2.24) is 39.0 Å². The number of methoxy groups -OCH3 is 1. The minimum Gasteiger partial charge on any atom is -0.387 e. The van der Waals surface area contributed by atoms with Crippen LogP contribution in [0.2, 0.25) is 0 Å². The van der Waals surface area contributed by atoms with Crippen LogP contribution in [0, 0.1) is 0 Å². The van der Waals surface area contributed by atoms with Gasteiger partial charge in [-0.3, -0.25) is 32.5 Å². The number of hydrogen-bond acceptors (Lipinski definition) is 20. The molecule has 4 aromatic rings. The third kappa shape index (κ3) is 7.74. The number of imidazole rings is 2. The molecule has 10 atom stereocenters. The van der Waals surface area contributed by atoms with Gasteiger partial charge in [0.25, 0.3) is 5.56 Å². The van der Waals surface area contributed by atoms with Gasteiger partial charge in [0, 0.05) is 7.11 Å². The van der Waals surface area contributed by atoms with E-state index in [1.54, 1.807) is 0 Å². The van der Waals surface area contributed by atoms with Gasteiger partial charge in [0.05, 0.1) is 25.9 Å². The highest BCUT2D eigenvalue weighted by atomic mass is 31.3. The molecular weight excluding hydrogens is 757 g/mol. The van der Waals surface area contributed by atoms with Gasteiger partial charge in [0.1, 0.15) is 48.5 Å². The van der Waals surface area contributed by atoms with Gasteiger partial charge in [0.15, 0.2) is 35.1 Å².